The number of nitrogens with zero attached hydrogens (tertiary/aromatic N) is 1. The number of hydrogen-bond acceptors (Lipinski definition) is 6. The van der Waals surface area contributed by atoms with Gasteiger partial charge in [0, 0.05) is 5.92 Å². The molecule has 0 bridgehead atoms. The van der Waals surface area contributed by atoms with Gasteiger partial charge in [-0.2, -0.15) is 26.3 Å². The fourth-order valence-corrected chi connectivity index (χ4v) is 14.1. The summed E-state index contributed by atoms with van der Waals surface area (Å²) in [6, 6.07) is 23.7. The Morgan fingerprint density at radius 3 is 1.83 bits per heavy atom. The molecule has 0 aromatic heterocycles. The number of aryl methyl sites for hydroxylation is 2. The zero-order valence-electron chi connectivity index (χ0n) is 36.1. The van der Waals surface area contributed by atoms with Gasteiger partial charge in [0.05, 0.1) is 48.0 Å². The van der Waals surface area contributed by atoms with Crippen molar-refractivity contribution in [1.82, 2.24) is 0 Å². The van der Waals surface area contributed by atoms with Crippen LogP contribution >= 0.6 is 0 Å². The minimum atomic E-state index is -5.24. The number of alkyl halides is 6. The van der Waals surface area contributed by atoms with Gasteiger partial charge in [-0.15, -0.1) is 0 Å². The maximum absolute atomic E-state index is 14.4. The zero-order valence-corrected chi connectivity index (χ0v) is 37.1. The van der Waals surface area contributed by atoms with Gasteiger partial charge in [-0.1, -0.05) is 100 Å². The van der Waals surface area contributed by atoms with E-state index in [1.165, 1.54) is 0 Å². The molecule has 6 rings (SSSR count). The van der Waals surface area contributed by atoms with Crippen molar-refractivity contribution in [3.63, 3.8) is 0 Å². The molecule has 1 saturated heterocycles. The number of phenols is 1. The van der Waals surface area contributed by atoms with Crippen LogP contribution in [-0.2, 0) is 26.4 Å². The topological polar surface area (TPSA) is 107 Å². The van der Waals surface area contributed by atoms with Crippen LogP contribution in [0.4, 0.5) is 32.0 Å². The van der Waals surface area contributed by atoms with E-state index >= 15 is 0 Å². The molecule has 1 aliphatic carbocycles. The monoisotopic (exact) mass is 893 g/mol. The van der Waals surface area contributed by atoms with Gasteiger partial charge in [0.2, 0.25) is 11.8 Å². The van der Waals surface area contributed by atoms with Gasteiger partial charge < -0.3 is 19.7 Å². The Hall–Kier alpha value is -5.02. The van der Waals surface area contributed by atoms with E-state index in [1.807, 2.05) is 85.8 Å². The number of benzene rings is 4. The molecule has 1 aliphatic heterocycles. The number of aliphatic hydroxyl groups is 2. The summed E-state index contributed by atoms with van der Waals surface area (Å²) in [4.78, 5) is 29.2. The molecule has 0 unspecified atom stereocenters. The molecule has 2 aliphatic rings. The summed E-state index contributed by atoms with van der Waals surface area (Å²) in [7, 11) is -3.29. The number of carbonyl (C=O) groups is 2. The summed E-state index contributed by atoms with van der Waals surface area (Å²) in [5, 5.41) is 35.1. The van der Waals surface area contributed by atoms with Gasteiger partial charge in [-0.3, -0.25) is 9.59 Å². The first kappa shape index (κ1) is 47.5. The van der Waals surface area contributed by atoms with Crippen molar-refractivity contribution in [1.29, 1.82) is 0 Å². The predicted molar refractivity (Wildman–Crippen MR) is 233 cm³/mol. The highest BCUT2D eigenvalue weighted by molar-refractivity contribution is 6.99. The Labute approximate surface area is 364 Å². The third kappa shape index (κ3) is 9.45. The standard InChI is InChI=1S/C49H53F6NO6Si/c1-7-31(22-32-20-29(2)44(59)30(3)21-32)18-19-41(58)42-33(28-62-63(47(4,5)6,37-14-10-8-11-15-37)38-16-12-9-13-17-38)23-39-43(40(42)27-57)46(61)56(45(39)60)36-25-34(48(50,51)52)24-35(26-36)49(53,54)55/h8-17,20-22,24-26,39-41,43,57-59H,7,18-19,23,27-28H2,1-6H3/b31-22+/t39-,40+,41-,43-/m1/s1. The maximum atomic E-state index is 14.4. The minimum absolute atomic E-state index is 0.0720. The first-order valence-corrected chi connectivity index (χ1v) is 22.9. The molecule has 4 aromatic carbocycles. The van der Waals surface area contributed by atoms with E-state index < -0.39 is 84.8 Å². The van der Waals surface area contributed by atoms with E-state index in [4.69, 9.17) is 4.43 Å². The molecule has 4 atom stereocenters. The lowest BCUT2D eigenvalue weighted by Gasteiger charge is -2.44. The number of carbonyl (C=O) groups excluding carboxylic acids is 2. The molecule has 0 radical (unpaired) electrons. The van der Waals surface area contributed by atoms with Crippen molar-refractivity contribution in [2.75, 3.05) is 18.1 Å². The summed E-state index contributed by atoms with van der Waals surface area (Å²) < 4.78 is 91.3. The van der Waals surface area contributed by atoms with Crippen molar-refractivity contribution >= 4 is 42.3 Å². The van der Waals surface area contributed by atoms with E-state index in [-0.39, 0.29) is 36.8 Å². The highest BCUT2D eigenvalue weighted by Gasteiger charge is 2.57. The summed E-state index contributed by atoms with van der Waals surface area (Å²) in [5.41, 5.74) is -0.402. The molecule has 63 heavy (non-hydrogen) atoms. The van der Waals surface area contributed by atoms with Gasteiger partial charge in [0.15, 0.2) is 0 Å². The Bertz CT molecular complexity index is 2290. The number of aliphatic hydroxyl groups excluding tert-OH is 2. The second-order valence-electron chi connectivity index (χ2n) is 17.6. The fourth-order valence-electron chi connectivity index (χ4n) is 9.51. The highest BCUT2D eigenvalue weighted by Crippen LogP contribution is 2.49. The fraction of sp³-hybridized carbons (Fsp3) is 0.388. The zero-order chi connectivity index (χ0) is 46.2. The van der Waals surface area contributed by atoms with Gasteiger partial charge in [-0.05, 0) is 113 Å². The van der Waals surface area contributed by atoms with E-state index in [0.717, 1.165) is 21.5 Å². The number of hydrogen-bond donors (Lipinski definition) is 3. The Kier molecular flexibility index (Phi) is 13.7. The van der Waals surface area contributed by atoms with Crippen molar-refractivity contribution in [2.24, 2.45) is 17.8 Å². The number of fused-ring (bicyclic) bond motifs is 1. The van der Waals surface area contributed by atoms with E-state index in [0.29, 0.717) is 46.6 Å². The molecular formula is C49H53F6NO6Si. The summed E-state index contributed by atoms with van der Waals surface area (Å²) in [5.74, 6) is -5.82. The predicted octanol–water partition coefficient (Wildman–Crippen LogP) is 9.67. The lowest BCUT2D eigenvalue weighted by atomic mass is 9.68. The Morgan fingerprint density at radius 2 is 1.37 bits per heavy atom. The summed E-state index contributed by atoms with van der Waals surface area (Å²) >= 11 is 0. The molecular weight excluding hydrogens is 841 g/mol. The molecule has 0 saturated carbocycles. The Morgan fingerprint density at radius 1 is 0.841 bits per heavy atom. The van der Waals surface area contributed by atoms with Crippen molar-refractivity contribution in [3.05, 3.63) is 136 Å². The second kappa shape index (κ2) is 18.2. The number of aromatic hydroxyl groups is 1. The van der Waals surface area contributed by atoms with Crippen LogP contribution in [0.25, 0.3) is 6.08 Å². The molecule has 2 amide bonds. The number of anilines is 1. The number of allylic oxidation sites excluding steroid dienone is 1. The minimum Gasteiger partial charge on any atom is -0.507 e. The first-order chi connectivity index (χ1) is 29.5. The van der Waals surface area contributed by atoms with Gasteiger partial charge in [0.25, 0.3) is 8.32 Å². The number of halogens is 6. The van der Waals surface area contributed by atoms with Crippen LogP contribution in [0, 0.1) is 31.6 Å². The molecule has 7 nitrogen and oxygen atoms in total. The number of phenolic OH excluding ortho intramolecular Hbond substituents is 1. The molecule has 14 heteroatoms. The van der Waals surface area contributed by atoms with Crippen LogP contribution in [0.3, 0.4) is 0 Å². The molecule has 0 spiro atoms. The van der Waals surface area contributed by atoms with E-state index in [1.54, 1.807) is 13.8 Å². The average Bonchev–Trinajstić information content (AvgIpc) is 3.48. The third-order valence-corrected chi connectivity index (χ3v) is 17.5. The molecule has 1 fully saturated rings. The lowest BCUT2D eigenvalue weighted by molar-refractivity contribution is -0.143. The maximum Gasteiger partial charge on any atom is 0.416 e. The molecule has 1 heterocycles. The number of amides is 2. The van der Waals surface area contributed by atoms with Crippen LogP contribution in [0.2, 0.25) is 5.04 Å². The largest absolute Gasteiger partial charge is 0.507 e. The van der Waals surface area contributed by atoms with Crippen LogP contribution in [-0.4, -0.2) is 54.8 Å². The Balaban J connectivity index is 1.46. The highest BCUT2D eigenvalue weighted by atomic mass is 28.4. The van der Waals surface area contributed by atoms with Crippen molar-refractivity contribution < 1.29 is 55.7 Å². The van der Waals surface area contributed by atoms with Gasteiger partial charge in [-0.25, -0.2) is 4.90 Å². The second-order valence-corrected chi connectivity index (χ2v) is 21.9. The third-order valence-electron chi connectivity index (χ3n) is 12.5. The lowest BCUT2D eigenvalue weighted by Crippen LogP contribution is -2.66. The smallest absolute Gasteiger partial charge is 0.416 e. The van der Waals surface area contributed by atoms with Crippen LogP contribution in [0.5, 0.6) is 5.75 Å². The van der Waals surface area contributed by atoms with Crippen molar-refractivity contribution in [2.45, 2.75) is 90.7 Å². The normalized spacial score (nSPS) is 19.5. The summed E-state index contributed by atoms with van der Waals surface area (Å²) in [6.45, 7) is 10.8. The van der Waals surface area contributed by atoms with E-state index in [9.17, 15) is 51.3 Å². The first-order valence-electron chi connectivity index (χ1n) is 21.0. The van der Waals surface area contributed by atoms with Crippen molar-refractivity contribution in [3.8, 4) is 5.75 Å². The van der Waals surface area contributed by atoms with Gasteiger partial charge in [0.1, 0.15) is 5.75 Å². The van der Waals surface area contributed by atoms with Gasteiger partial charge >= 0.3 is 12.4 Å². The summed E-state index contributed by atoms with van der Waals surface area (Å²) in [6.07, 6.45) is -8.95. The van der Waals surface area contributed by atoms with E-state index in [2.05, 4.69) is 20.8 Å². The SMILES string of the molecule is CC/C(=C\c1cc(C)c(O)c(C)c1)CC[C@@H](O)C1=C(CO[Si](c2ccccc2)(c2ccccc2)C(C)(C)C)C[C@H]2C(=O)N(c3cc(C(F)(F)F)cc(C(F)(F)F)c3)C(=O)[C@H]2[C@H]1CO. The molecule has 336 valence electrons. The van der Waals surface area contributed by atoms with Crippen LogP contribution in [0.1, 0.15) is 81.2 Å². The molecule has 4 aromatic rings. The average molecular weight is 894 g/mol. The van der Waals surface area contributed by atoms with Crippen LogP contribution in [0.15, 0.2) is 108 Å². The molecule has 3 N–H and O–H groups in total. The quantitative estimate of drug-likeness (QED) is 0.0535. The number of rotatable bonds is 13. The van der Waals surface area contributed by atoms with Crippen LogP contribution < -0.4 is 15.3 Å². The number of imide groups is 1.